The SMILES string of the molecule is CCc1ccc(OC)c(CN2CCCNCC2=O)c1. The van der Waals surface area contributed by atoms with Crippen LogP contribution in [0.2, 0.25) is 0 Å². The van der Waals surface area contributed by atoms with Gasteiger partial charge in [0.25, 0.3) is 0 Å². The molecule has 4 nitrogen and oxygen atoms in total. The van der Waals surface area contributed by atoms with Gasteiger partial charge in [-0.1, -0.05) is 19.1 Å². The number of hydrogen-bond donors (Lipinski definition) is 1. The molecular weight excluding hydrogens is 240 g/mol. The number of aryl methyl sites for hydroxylation is 1. The predicted octanol–water partition coefficient (Wildman–Crippen LogP) is 1.58. The normalized spacial score (nSPS) is 16.3. The Kier molecular flexibility index (Phi) is 4.80. The van der Waals surface area contributed by atoms with Crippen LogP contribution in [-0.2, 0) is 17.8 Å². The topological polar surface area (TPSA) is 41.6 Å². The predicted molar refractivity (Wildman–Crippen MR) is 75.3 cm³/mol. The lowest BCUT2D eigenvalue weighted by Gasteiger charge is -2.22. The van der Waals surface area contributed by atoms with E-state index in [0.29, 0.717) is 13.1 Å². The van der Waals surface area contributed by atoms with Crippen LogP contribution in [0.4, 0.5) is 0 Å². The minimum absolute atomic E-state index is 0.168. The van der Waals surface area contributed by atoms with Crippen LogP contribution in [0.5, 0.6) is 5.75 Å². The maximum atomic E-state index is 12.0. The average Bonchev–Trinajstić information content (AvgIpc) is 2.64. The minimum Gasteiger partial charge on any atom is -0.496 e. The number of amides is 1. The van der Waals surface area contributed by atoms with Crippen LogP contribution in [0.1, 0.15) is 24.5 Å². The quantitative estimate of drug-likeness (QED) is 0.895. The first-order valence-corrected chi connectivity index (χ1v) is 6.89. The van der Waals surface area contributed by atoms with Crippen LogP contribution < -0.4 is 10.1 Å². The van der Waals surface area contributed by atoms with E-state index < -0.39 is 0 Å². The van der Waals surface area contributed by atoms with Gasteiger partial charge in [0, 0.05) is 18.7 Å². The molecule has 0 aromatic heterocycles. The highest BCUT2D eigenvalue weighted by atomic mass is 16.5. The molecule has 1 aromatic rings. The summed E-state index contributed by atoms with van der Waals surface area (Å²) in [6, 6.07) is 6.22. The molecule has 4 heteroatoms. The summed E-state index contributed by atoms with van der Waals surface area (Å²) in [5.74, 6) is 1.03. The van der Waals surface area contributed by atoms with E-state index in [0.717, 1.165) is 37.2 Å². The smallest absolute Gasteiger partial charge is 0.236 e. The summed E-state index contributed by atoms with van der Waals surface area (Å²) in [5, 5.41) is 3.14. The lowest BCUT2D eigenvalue weighted by Crippen LogP contribution is -2.34. The summed E-state index contributed by atoms with van der Waals surface area (Å²) in [7, 11) is 1.68. The Hall–Kier alpha value is -1.55. The number of nitrogens with one attached hydrogen (secondary N) is 1. The van der Waals surface area contributed by atoms with Crippen molar-refractivity contribution in [3.8, 4) is 5.75 Å². The minimum atomic E-state index is 0.168. The first-order valence-electron chi connectivity index (χ1n) is 6.89. The van der Waals surface area contributed by atoms with Crippen LogP contribution in [-0.4, -0.2) is 37.6 Å². The van der Waals surface area contributed by atoms with Crippen LogP contribution in [0.25, 0.3) is 0 Å². The molecule has 104 valence electrons. The van der Waals surface area contributed by atoms with Gasteiger partial charge in [-0.15, -0.1) is 0 Å². The van der Waals surface area contributed by atoms with Gasteiger partial charge in [0.05, 0.1) is 13.7 Å². The molecule has 19 heavy (non-hydrogen) atoms. The fourth-order valence-electron chi connectivity index (χ4n) is 2.38. The molecule has 0 bridgehead atoms. The monoisotopic (exact) mass is 262 g/mol. The number of rotatable bonds is 4. The third kappa shape index (κ3) is 3.47. The summed E-state index contributed by atoms with van der Waals surface area (Å²) in [6.45, 7) is 4.93. The van der Waals surface area contributed by atoms with Gasteiger partial charge in [0.2, 0.25) is 5.91 Å². The second-order valence-corrected chi connectivity index (χ2v) is 4.85. The molecule has 0 saturated carbocycles. The Bertz CT molecular complexity index is 446. The number of ether oxygens (including phenoxy) is 1. The van der Waals surface area contributed by atoms with E-state index in [4.69, 9.17) is 4.74 Å². The molecule has 1 saturated heterocycles. The Labute approximate surface area is 114 Å². The van der Waals surface area contributed by atoms with Crippen LogP contribution in [0, 0.1) is 0 Å². The zero-order valence-electron chi connectivity index (χ0n) is 11.7. The zero-order chi connectivity index (χ0) is 13.7. The summed E-state index contributed by atoms with van der Waals surface area (Å²) in [6.07, 6.45) is 1.99. The van der Waals surface area contributed by atoms with E-state index in [1.54, 1.807) is 7.11 Å². The van der Waals surface area contributed by atoms with E-state index in [-0.39, 0.29) is 5.91 Å². The molecule has 1 N–H and O–H groups in total. The second kappa shape index (κ2) is 6.57. The van der Waals surface area contributed by atoms with E-state index in [1.165, 1.54) is 5.56 Å². The highest BCUT2D eigenvalue weighted by molar-refractivity contribution is 5.78. The zero-order valence-corrected chi connectivity index (χ0v) is 11.7. The molecule has 1 fully saturated rings. The van der Waals surface area contributed by atoms with Gasteiger partial charge in [-0.3, -0.25) is 4.79 Å². The van der Waals surface area contributed by atoms with Crippen molar-refractivity contribution in [2.24, 2.45) is 0 Å². The molecule has 1 aromatic carbocycles. The van der Waals surface area contributed by atoms with Crippen molar-refractivity contribution >= 4 is 5.91 Å². The van der Waals surface area contributed by atoms with Gasteiger partial charge in [-0.25, -0.2) is 0 Å². The highest BCUT2D eigenvalue weighted by Crippen LogP contribution is 2.22. The van der Waals surface area contributed by atoms with Gasteiger partial charge < -0.3 is 15.0 Å². The molecule has 2 rings (SSSR count). The average molecular weight is 262 g/mol. The molecule has 1 heterocycles. The molecule has 1 aliphatic heterocycles. The van der Waals surface area contributed by atoms with Crippen molar-refractivity contribution in [1.29, 1.82) is 0 Å². The summed E-state index contributed by atoms with van der Waals surface area (Å²) >= 11 is 0. The van der Waals surface area contributed by atoms with E-state index in [2.05, 4.69) is 24.4 Å². The molecule has 0 radical (unpaired) electrons. The Morgan fingerprint density at radius 2 is 2.26 bits per heavy atom. The van der Waals surface area contributed by atoms with E-state index in [1.807, 2.05) is 11.0 Å². The molecule has 0 aliphatic carbocycles. The third-order valence-corrected chi connectivity index (χ3v) is 3.52. The molecule has 0 atom stereocenters. The van der Waals surface area contributed by atoms with E-state index in [9.17, 15) is 4.79 Å². The van der Waals surface area contributed by atoms with Crippen LogP contribution in [0.3, 0.4) is 0 Å². The standard InChI is InChI=1S/C15H22N2O2/c1-3-12-5-6-14(19-2)13(9-12)11-17-8-4-7-16-10-15(17)18/h5-6,9,16H,3-4,7-8,10-11H2,1-2H3. The summed E-state index contributed by atoms with van der Waals surface area (Å²) in [5.41, 5.74) is 2.37. The number of carbonyl (C=O) groups excluding carboxylic acids is 1. The number of benzene rings is 1. The molecular formula is C15H22N2O2. The second-order valence-electron chi connectivity index (χ2n) is 4.85. The first kappa shape index (κ1) is 13.9. The Morgan fingerprint density at radius 1 is 1.42 bits per heavy atom. The van der Waals surface area contributed by atoms with Gasteiger partial charge in [0.15, 0.2) is 0 Å². The number of methoxy groups -OCH3 is 1. The maximum absolute atomic E-state index is 12.0. The summed E-state index contributed by atoms with van der Waals surface area (Å²) in [4.78, 5) is 13.9. The first-order chi connectivity index (χ1) is 9.24. The Morgan fingerprint density at radius 3 is 3.00 bits per heavy atom. The fourth-order valence-corrected chi connectivity index (χ4v) is 2.38. The number of carbonyl (C=O) groups is 1. The van der Waals surface area contributed by atoms with Crippen molar-refractivity contribution in [3.05, 3.63) is 29.3 Å². The van der Waals surface area contributed by atoms with Crippen molar-refractivity contribution in [2.75, 3.05) is 26.7 Å². The van der Waals surface area contributed by atoms with Crippen LogP contribution in [0.15, 0.2) is 18.2 Å². The molecule has 0 spiro atoms. The van der Waals surface area contributed by atoms with Gasteiger partial charge in [-0.05, 0) is 31.0 Å². The van der Waals surface area contributed by atoms with Crippen molar-refractivity contribution in [2.45, 2.75) is 26.3 Å². The van der Waals surface area contributed by atoms with Crippen molar-refractivity contribution in [3.63, 3.8) is 0 Å². The third-order valence-electron chi connectivity index (χ3n) is 3.52. The summed E-state index contributed by atoms with van der Waals surface area (Å²) < 4.78 is 5.40. The van der Waals surface area contributed by atoms with Crippen molar-refractivity contribution in [1.82, 2.24) is 10.2 Å². The van der Waals surface area contributed by atoms with Gasteiger partial charge in [-0.2, -0.15) is 0 Å². The van der Waals surface area contributed by atoms with Gasteiger partial charge >= 0.3 is 0 Å². The lowest BCUT2D eigenvalue weighted by molar-refractivity contribution is -0.130. The van der Waals surface area contributed by atoms with Crippen molar-refractivity contribution < 1.29 is 9.53 Å². The molecule has 1 amide bonds. The van der Waals surface area contributed by atoms with E-state index >= 15 is 0 Å². The van der Waals surface area contributed by atoms with Gasteiger partial charge in [0.1, 0.15) is 5.75 Å². The molecule has 1 aliphatic rings. The fraction of sp³-hybridized carbons (Fsp3) is 0.533. The molecule has 0 unspecified atom stereocenters. The van der Waals surface area contributed by atoms with Crippen LogP contribution >= 0.6 is 0 Å². The number of nitrogens with zero attached hydrogens (tertiary/aromatic N) is 1. The Balaban J connectivity index is 2.18. The highest BCUT2D eigenvalue weighted by Gasteiger charge is 2.18. The lowest BCUT2D eigenvalue weighted by atomic mass is 10.1. The maximum Gasteiger partial charge on any atom is 0.236 e. The number of hydrogen-bond acceptors (Lipinski definition) is 3. The largest absolute Gasteiger partial charge is 0.496 e.